The van der Waals surface area contributed by atoms with E-state index in [1.807, 2.05) is 30.3 Å². The highest BCUT2D eigenvalue weighted by Gasteiger charge is 2.14. The highest BCUT2D eigenvalue weighted by molar-refractivity contribution is 7.15. The van der Waals surface area contributed by atoms with Crippen molar-refractivity contribution in [3.05, 3.63) is 52.2 Å². The number of carbonyl (C=O) groups is 3. The van der Waals surface area contributed by atoms with Gasteiger partial charge in [-0.15, -0.1) is 11.3 Å². The zero-order valence-corrected chi connectivity index (χ0v) is 13.9. The minimum Gasteiger partial charge on any atom is -0.492 e. The summed E-state index contributed by atoms with van der Waals surface area (Å²) in [5.41, 5.74) is 0. The van der Waals surface area contributed by atoms with E-state index in [1.54, 1.807) is 6.07 Å². The molecule has 0 aliphatic heterocycles. The second-order valence-electron chi connectivity index (χ2n) is 4.81. The third-order valence-electron chi connectivity index (χ3n) is 2.92. The van der Waals surface area contributed by atoms with E-state index in [4.69, 9.17) is 9.47 Å². The molecular formula is C17H17NO5S. The van der Waals surface area contributed by atoms with Gasteiger partial charge in [-0.2, -0.15) is 0 Å². The summed E-state index contributed by atoms with van der Waals surface area (Å²) in [6.07, 6.45) is 0. The minimum atomic E-state index is -0.622. The number of benzene rings is 1. The molecule has 0 saturated carbocycles. The van der Waals surface area contributed by atoms with Crippen molar-refractivity contribution < 1.29 is 23.9 Å². The molecular weight excluding hydrogens is 330 g/mol. The molecule has 1 N–H and O–H groups in total. The molecule has 1 aromatic heterocycles. The Hall–Kier alpha value is -2.67. The third-order valence-corrected chi connectivity index (χ3v) is 4.09. The number of ether oxygens (including phenoxy) is 2. The Morgan fingerprint density at radius 2 is 1.75 bits per heavy atom. The number of esters is 1. The van der Waals surface area contributed by atoms with Crippen molar-refractivity contribution in [1.82, 2.24) is 5.32 Å². The molecule has 2 rings (SSSR count). The van der Waals surface area contributed by atoms with Gasteiger partial charge in [0.05, 0.1) is 11.4 Å². The molecule has 24 heavy (non-hydrogen) atoms. The lowest BCUT2D eigenvalue weighted by Crippen LogP contribution is -2.32. The van der Waals surface area contributed by atoms with Crippen LogP contribution in [0.4, 0.5) is 0 Å². The van der Waals surface area contributed by atoms with Crippen LogP contribution in [0.3, 0.4) is 0 Å². The summed E-state index contributed by atoms with van der Waals surface area (Å²) in [6, 6.07) is 12.3. The number of para-hydroxylation sites is 1. The maximum Gasteiger partial charge on any atom is 0.348 e. The third kappa shape index (κ3) is 5.51. The van der Waals surface area contributed by atoms with Gasteiger partial charge in [0, 0.05) is 0 Å². The Labute approximate surface area is 143 Å². The van der Waals surface area contributed by atoms with Gasteiger partial charge in [0.2, 0.25) is 0 Å². The fourth-order valence-corrected chi connectivity index (χ4v) is 2.56. The molecule has 7 heteroatoms. The summed E-state index contributed by atoms with van der Waals surface area (Å²) >= 11 is 1.04. The Kier molecular flexibility index (Phi) is 6.51. The van der Waals surface area contributed by atoms with E-state index < -0.39 is 11.9 Å². The van der Waals surface area contributed by atoms with Crippen LogP contribution in [0.1, 0.15) is 26.3 Å². The number of hydrogen-bond acceptors (Lipinski definition) is 6. The molecule has 0 saturated heterocycles. The van der Waals surface area contributed by atoms with Crippen molar-refractivity contribution >= 4 is 29.0 Å². The average Bonchev–Trinajstić information content (AvgIpc) is 3.08. The molecule has 0 radical (unpaired) electrons. The van der Waals surface area contributed by atoms with Gasteiger partial charge in [0.25, 0.3) is 5.91 Å². The zero-order valence-electron chi connectivity index (χ0n) is 13.1. The zero-order chi connectivity index (χ0) is 17.4. The van der Waals surface area contributed by atoms with E-state index in [0.717, 1.165) is 17.1 Å². The smallest absolute Gasteiger partial charge is 0.348 e. The van der Waals surface area contributed by atoms with E-state index >= 15 is 0 Å². The molecule has 0 atom stereocenters. The quantitative estimate of drug-likeness (QED) is 0.450. The van der Waals surface area contributed by atoms with Crippen molar-refractivity contribution in [3.63, 3.8) is 0 Å². The number of Topliss-reactive ketones (excluding diaryl/α,β-unsaturated/α-hetero) is 1. The Morgan fingerprint density at radius 3 is 2.42 bits per heavy atom. The lowest BCUT2D eigenvalue weighted by Gasteiger charge is -2.07. The Balaban J connectivity index is 1.65. The van der Waals surface area contributed by atoms with Crippen LogP contribution >= 0.6 is 11.3 Å². The van der Waals surface area contributed by atoms with Crippen molar-refractivity contribution in [2.45, 2.75) is 6.92 Å². The standard InChI is InChI=1S/C17H17NO5S/c1-12(19)14-7-8-15(24-14)17(21)23-11-16(20)18-9-10-22-13-5-3-2-4-6-13/h2-8H,9-11H2,1H3,(H,18,20). The number of nitrogens with one attached hydrogen (secondary N) is 1. The van der Waals surface area contributed by atoms with Crippen LogP contribution in [0.15, 0.2) is 42.5 Å². The van der Waals surface area contributed by atoms with Gasteiger partial charge in [-0.25, -0.2) is 4.79 Å². The van der Waals surface area contributed by atoms with Crippen molar-refractivity contribution in [3.8, 4) is 5.75 Å². The van der Waals surface area contributed by atoms with E-state index in [1.165, 1.54) is 13.0 Å². The van der Waals surface area contributed by atoms with Crippen LogP contribution in [0, 0.1) is 0 Å². The first-order chi connectivity index (χ1) is 11.6. The van der Waals surface area contributed by atoms with Gasteiger partial charge in [-0.3, -0.25) is 9.59 Å². The maximum atomic E-state index is 11.8. The molecule has 0 spiro atoms. The molecule has 1 amide bonds. The molecule has 126 valence electrons. The highest BCUT2D eigenvalue weighted by atomic mass is 32.1. The first-order valence-electron chi connectivity index (χ1n) is 7.28. The normalized spacial score (nSPS) is 10.0. The molecule has 0 aliphatic carbocycles. The Bertz CT molecular complexity index is 711. The highest BCUT2D eigenvalue weighted by Crippen LogP contribution is 2.17. The summed E-state index contributed by atoms with van der Waals surface area (Å²) in [5.74, 6) is -0.432. The summed E-state index contributed by atoms with van der Waals surface area (Å²) < 4.78 is 10.3. The summed E-state index contributed by atoms with van der Waals surface area (Å²) in [4.78, 5) is 35.3. The second kappa shape index (κ2) is 8.83. The molecule has 1 aromatic carbocycles. The fraction of sp³-hybridized carbons (Fsp3) is 0.235. The summed E-state index contributed by atoms with van der Waals surface area (Å²) in [5, 5.41) is 2.59. The molecule has 2 aromatic rings. The number of amides is 1. The van der Waals surface area contributed by atoms with Crippen LogP contribution in [0.5, 0.6) is 5.75 Å². The van der Waals surface area contributed by atoms with E-state index in [0.29, 0.717) is 22.9 Å². The topological polar surface area (TPSA) is 81.7 Å². The van der Waals surface area contributed by atoms with Crippen LogP contribution in [0.2, 0.25) is 0 Å². The SMILES string of the molecule is CC(=O)c1ccc(C(=O)OCC(=O)NCCOc2ccccc2)s1. The first kappa shape index (κ1) is 17.7. The van der Waals surface area contributed by atoms with Gasteiger partial charge >= 0.3 is 5.97 Å². The summed E-state index contributed by atoms with van der Waals surface area (Å²) in [7, 11) is 0. The number of ketones is 1. The predicted molar refractivity (Wildman–Crippen MR) is 89.6 cm³/mol. The summed E-state index contributed by atoms with van der Waals surface area (Å²) in [6.45, 7) is 1.67. The van der Waals surface area contributed by atoms with Gasteiger partial charge in [0.15, 0.2) is 12.4 Å². The molecule has 0 bridgehead atoms. The number of hydrogen-bond donors (Lipinski definition) is 1. The van der Waals surface area contributed by atoms with Crippen LogP contribution in [0.25, 0.3) is 0 Å². The lowest BCUT2D eigenvalue weighted by molar-refractivity contribution is -0.124. The monoisotopic (exact) mass is 347 g/mol. The largest absolute Gasteiger partial charge is 0.492 e. The molecule has 0 fully saturated rings. The first-order valence-corrected chi connectivity index (χ1v) is 8.10. The number of thiophene rings is 1. The number of carbonyl (C=O) groups excluding carboxylic acids is 3. The van der Waals surface area contributed by atoms with E-state index in [9.17, 15) is 14.4 Å². The second-order valence-corrected chi connectivity index (χ2v) is 5.89. The maximum absolute atomic E-state index is 11.8. The van der Waals surface area contributed by atoms with E-state index in [-0.39, 0.29) is 12.4 Å². The van der Waals surface area contributed by atoms with Crippen molar-refractivity contribution in [2.24, 2.45) is 0 Å². The minimum absolute atomic E-state index is 0.116. The van der Waals surface area contributed by atoms with Crippen LogP contribution in [-0.4, -0.2) is 37.4 Å². The average molecular weight is 347 g/mol. The lowest BCUT2D eigenvalue weighted by atomic mass is 10.3. The van der Waals surface area contributed by atoms with Crippen molar-refractivity contribution in [2.75, 3.05) is 19.8 Å². The Morgan fingerprint density at radius 1 is 1.04 bits per heavy atom. The van der Waals surface area contributed by atoms with E-state index in [2.05, 4.69) is 5.32 Å². The fourth-order valence-electron chi connectivity index (χ4n) is 1.77. The number of rotatable bonds is 8. The van der Waals surface area contributed by atoms with Crippen LogP contribution in [-0.2, 0) is 9.53 Å². The molecule has 0 unspecified atom stereocenters. The molecule has 6 nitrogen and oxygen atoms in total. The van der Waals surface area contributed by atoms with Gasteiger partial charge in [0.1, 0.15) is 17.2 Å². The molecule has 1 heterocycles. The molecule has 0 aliphatic rings. The van der Waals surface area contributed by atoms with Gasteiger partial charge < -0.3 is 14.8 Å². The predicted octanol–water partition coefficient (Wildman–Crippen LogP) is 2.30. The van der Waals surface area contributed by atoms with Crippen LogP contribution < -0.4 is 10.1 Å². The van der Waals surface area contributed by atoms with Gasteiger partial charge in [-0.05, 0) is 31.2 Å². The van der Waals surface area contributed by atoms with Crippen molar-refractivity contribution in [1.29, 1.82) is 0 Å². The van der Waals surface area contributed by atoms with Gasteiger partial charge in [-0.1, -0.05) is 18.2 Å².